The van der Waals surface area contributed by atoms with Gasteiger partial charge in [-0.1, -0.05) is 23.7 Å². The fraction of sp³-hybridized carbons (Fsp3) is 0.400. The summed E-state index contributed by atoms with van der Waals surface area (Å²) in [6.07, 6.45) is 6.42. The number of hydrogen-bond acceptors (Lipinski definition) is 6. The Morgan fingerprint density at radius 1 is 1.23 bits per heavy atom. The van der Waals surface area contributed by atoms with Gasteiger partial charge in [-0.05, 0) is 93.5 Å². The van der Waals surface area contributed by atoms with E-state index >= 15 is 4.39 Å². The summed E-state index contributed by atoms with van der Waals surface area (Å²) < 4.78 is 22.8. The summed E-state index contributed by atoms with van der Waals surface area (Å²) in [5.74, 6) is -0.520. The number of halogens is 2. The summed E-state index contributed by atoms with van der Waals surface area (Å²) in [7, 11) is 0. The minimum Gasteiger partial charge on any atom is -0.370 e. The van der Waals surface area contributed by atoms with E-state index in [1.807, 2.05) is 31.2 Å². The van der Waals surface area contributed by atoms with E-state index in [1.54, 1.807) is 24.4 Å². The lowest BCUT2D eigenvalue weighted by molar-refractivity contribution is -0.0604. The fourth-order valence-corrected chi connectivity index (χ4v) is 5.67. The molecule has 0 spiro atoms. The summed E-state index contributed by atoms with van der Waals surface area (Å²) in [5.41, 5.74) is 21.2. The van der Waals surface area contributed by atoms with Gasteiger partial charge in [0.25, 0.3) is 0 Å². The first-order chi connectivity index (χ1) is 19.2. The van der Waals surface area contributed by atoms with Crippen molar-refractivity contribution in [3.05, 3.63) is 81.1 Å². The molecule has 7 N–H and O–H groups in total. The van der Waals surface area contributed by atoms with Crippen LogP contribution in [-0.2, 0) is 11.2 Å². The van der Waals surface area contributed by atoms with Crippen LogP contribution in [0.5, 0.6) is 0 Å². The third-order valence-electron chi connectivity index (χ3n) is 7.48. The molecule has 4 aromatic rings. The van der Waals surface area contributed by atoms with Crippen molar-refractivity contribution in [3.8, 4) is 16.9 Å². The molecule has 0 bridgehead atoms. The van der Waals surface area contributed by atoms with Crippen LogP contribution in [0.25, 0.3) is 28.0 Å². The van der Waals surface area contributed by atoms with Gasteiger partial charge >= 0.3 is 5.69 Å². The Balaban J connectivity index is 1.41. The number of aryl methyl sites for hydroxylation is 1. The maximum absolute atomic E-state index is 15.1. The molecule has 0 radical (unpaired) electrons. The van der Waals surface area contributed by atoms with E-state index < -0.39 is 11.5 Å². The zero-order valence-corrected chi connectivity index (χ0v) is 23.3. The monoisotopic (exact) mass is 566 g/mol. The van der Waals surface area contributed by atoms with Crippen LogP contribution >= 0.6 is 11.6 Å². The fourth-order valence-electron chi connectivity index (χ4n) is 5.43. The molecule has 5 rings (SSSR count). The molecule has 3 heterocycles. The molecule has 1 saturated heterocycles. The predicted octanol–water partition coefficient (Wildman–Crippen LogP) is 4.74. The van der Waals surface area contributed by atoms with Gasteiger partial charge in [0.1, 0.15) is 5.65 Å². The SMILES string of the molecule is C[C@H](N)CCCc1cc(Cl)c(F)c(-c2cc3cn(-c4ccc([C@H]5CC(N)C[C@H](CCN)O5)cc4)c(=O)nc3[nH]2)c1. The second-order valence-corrected chi connectivity index (χ2v) is 11.2. The van der Waals surface area contributed by atoms with Crippen LogP contribution in [0.2, 0.25) is 5.02 Å². The number of ether oxygens (including phenoxy) is 1. The molecular weight excluding hydrogens is 531 g/mol. The maximum atomic E-state index is 15.1. The molecule has 40 heavy (non-hydrogen) atoms. The lowest BCUT2D eigenvalue weighted by Crippen LogP contribution is -2.37. The summed E-state index contributed by atoms with van der Waals surface area (Å²) in [6, 6.07) is 13.0. The lowest BCUT2D eigenvalue weighted by Gasteiger charge is -2.34. The molecule has 1 aliphatic heterocycles. The van der Waals surface area contributed by atoms with Crippen LogP contribution in [0.1, 0.15) is 56.3 Å². The van der Waals surface area contributed by atoms with Crippen molar-refractivity contribution in [2.24, 2.45) is 17.2 Å². The first kappa shape index (κ1) is 28.4. The number of fused-ring (bicyclic) bond motifs is 1. The molecule has 1 aliphatic rings. The van der Waals surface area contributed by atoms with Crippen LogP contribution in [0, 0.1) is 5.82 Å². The second-order valence-electron chi connectivity index (χ2n) is 10.8. The minimum absolute atomic E-state index is 0.0468. The molecule has 0 saturated carbocycles. The van der Waals surface area contributed by atoms with E-state index in [-0.39, 0.29) is 29.3 Å². The number of nitrogens with one attached hydrogen (secondary N) is 1. The van der Waals surface area contributed by atoms with Crippen molar-refractivity contribution >= 4 is 22.6 Å². The van der Waals surface area contributed by atoms with Gasteiger partial charge in [-0.15, -0.1) is 0 Å². The van der Waals surface area contributed by atoms with Crippen molar-refractivity contribution < 1.29 is 9.13 Å². The van der Waals surface area contributed by atoms with Gasteiger partial charge in [0.2, 0.25) is 0 Å². The van der Waals surface area contributed by atoms with E-state index in [0.29, 0.717) is 34.5 Å². The zero-order valence-electron chi connectivity index (χ0n) is 22.6. The van der Waals surface area contributed by atoms with Gasteiger partial charge < -0.3 is 26.9 Å². The number of H-pyrrole nitrogens is 1. The quantitative estimate of drug-likeness (QED) is 0.231. The summed E-state index contributed by atoms with van der Waals surface area (Å²) in [5, 5.41) is 0.722. The van der Waals surface area contributed by atoms with Crippen LogP contribution in [0.15, 0.2) is 53.5 Å². The third kappa shape index (κ3) is 6.29. The zero-order chi connectivity index (χ0) is 28.4. The molecule has 1 fully saturated rings. The number of aromatic amines is 1. The largest absolute Gasteiger partial charge is 0.370 e. The van der Waals surface area contributed by atoms with Crippen molar-refractivity contribution in [3.63, 3.8) is 0 Å². The van der Waals surface area contributed by atoms with E-state index in [4.69, 9.17) is 33.5 Å². The topological polar surface area (TPSA) is 138 Å². The van der Waals surface area contributed by atoms with Crippen molar-refractivity contribution in [1.82, 2.24) is 14.5 Å². The Kier molecular flexibility index (Phi) is 8.68. The van der Waals surface area contributed by atoms with Crippen LogP contribution in [0.3, 0.4) is 0 Å². The number of benzene rings is 2. The van der Waals surface area contributed by atoms with Crippen molar-refractivity contribution in [1.29, 1.82) is 0 Å². The number of aromatic nitrogens is 3. The second kappa shape index (κ2) is 12.2. The molecule has 4 atom stereocenters. The molecule has 0 aliphatic carbocycles. The standard InChI is InChI=1S/C30H36ClFN6O2/c1-17(34)3-2-4-18-11-24(28(32)25(31)12-18)26-13-20-16-38(30(39)37-29(20)36-26)22-7-5-19(6-8-22)27-15-21(35)14-23(40-27)9-10-33/h5-8,11-13,16-17,21,23,27H,2-4,9-10,14-15,33-35H2,1H3,(H,36,37,39)/t17-,21?,23-,27+/m0/s1. The number of hydrogen-bond donors (Lipinski definition) is 4. The smallest absolute Gasteiger partial charge is 0.354 e. The molecule has 8 nitrogen and oxygen atoms in total. The summed E-state index contributed by atoms with van der Waals surface area (Å²) >= 11 is 6.24. The number of rotatable bonds is 9. The van der Waals surface area contributed by atoms with Gasteiger partial charge in [-0.3, -0.25) is 4.57 Å². The molecule has 0 amide bonds. The van der Waals surface area contributed by atoms with E-state index in [2.05, 4.69) is 9.97 Å². The first-order valence-corrected chi connectivity index (χ1v) is 14.2. The molecule has 2 aromatic heterocycles. The maximum Gasteiger partial charge on any atom is 0.354 e. The van der Waals surface area contributed by atoms with Gasteiger partial charge in [-0.2, -0.15) is 4.98 Å². The van der Waals surface area contributed by atoms with Crippen LogP contribution in [0.4, 0.5) is 4.39 Å². The molecule has 2 aromatic carbocycles. The van der Waals surface area contributed by atoms with Gasteiger partial charge in [0.05, 0.1) is 28.6 Å². The normalized spacial score (nSPS) is 20.2. The summed E-state index contributed by atoms with van der Waals surface area (Å²) in [6.45, 7) is 2.52. The summed E-state index contributed by atoms with van der Waals surface area (Å²) in [4.78, 5) is 20.3. The minimum atomic E-state index is -0.520. The third-order valence-corrected chi connectivity index (χ3v) is 7.76. The van der Waals surface area contributed by atoms with E-state index in [1.165, 1.54) is 4.57 Å². The highest BCUT2D eigenvalue weighted by Gasteiger charge is 2.28. The molecule has 212 valence electrons. The average molecular weight is 567 g/mol. The first-order valence-electron chi connectivity index (χ1n) is 13.8. The highest BCUT2D eigenvalue weighted by molar-refractivity contribution is 6.31. The molecule has 1 unspecified atom stereocenters. The predicted molar refractivity (Wildman–Crippen MR) is 157 cm³/mol. The van der Waals surface area contributed by atoms with E-state index in [9.17, 15) is 4.79 Å². The number of nitrogens with zero attached hydrogens (tertiary/aromatic N) is 2. The Morgan fingerprint density at radius 2 is 2.00 bits per heavy atom. The highest BCUT2D eigenvalue weighted by atomic mass is 35.5. The van der Waals surface area contributed by atoms with Crippen molar-refractivity contribution in [2.75, 3.05) is 6.54 Å². The highest BCUT2D eigenvalue weighted by Crippen LogP contribution is 2.33. The van der Waals surface area contributed by atoms with Gasteiger partial charge in [-0.25, -0.2) is 9.18 Å². The van der Waals surface area contributed by atoms with Crippen LogP contribution in [-0.4, -0.2) is 39.3 Å². The Bertz CT molecular complexity index is 1530. The Morgan fingerprint density at radius 3 is 2.73 bits per heavy atom. The number of nitrogens with two attached hydrogens (primary N) is 3. The molecule has 10 heteroatoms. The van der Waals surface area contributed by atoms with Gasteiger partial charge in [0.15, 0.2) is 5.82 Å². The molecular formula is C30H36ClFN6O2. The Hall–Kier alpha value is -3.08. The van der Waals surface area contributed by atoms with Crippen LogP contribution < -0.4 is 22.9 Å². The van der Waals surface area contributed by atoms with Gasteiger partial charge in [0, 0.05) is 29.2 Å². The Labute approximate surface area is 237 Å². The average Bonchev–Trinajstić information content (AvgIpc) is 3.32. The lowest BCUT2D eigenvalue weighted by atomic mass is 9.93. The van der Waals surface area contributed by atoms with Crippen molar-refractivity contribution in [2.45, 2.75) is 69.7 Å². The van der Waals surface area contributed by atoms with E-state index in [0.717, 1.165) is 49.7 Å².